The van der Waals surface area contributed by atoms with Gasteiger partial charge >= 0.3 is 0 Å². The number of nitrogens with two attached hydrogens (primary N) is 1. The third-order valence-corrected chi connectivity index (χ3v) is 4.03. The van der Waals surface area contributed by atoms with E-state index in [1.807, 2.05) is 0 Å². The molecule has 0 aliphatic rings. The molecule has 18 heavy (non-hydrogen) atoms. The number of nitrogen functional groups attached to an aromatic ring is 1. The molecule has 1 aromatic carbocycles. The van der Waals surface area contributed by atoms with Crippen LogP contribution in [0.4, 0.5) is 11.5 Å². The summed E-state index contributed by atoms with van der Waals surface area (Å²) in [5.41, 5.74) is 5.87. The van der Waals surface area contributed by atoms with E-state index in [-0.39, 0.29) is 15.7 Å². The summed E-state index contributed by atoms with van der Waals surface area (Å²) >= 11 is 5.85. The Morgan fingerprint density at radius 3 is 2.72 bits per heavy atom. The van der Waals surface area contributed by atoms with Crippen molar-refractivity contribution < 1.29 is 8.42 Å². The van der Waals surface area contributed by atoms with Crippen molar-refractivity contribution in [1.29, 1.82) is 0 Å². The molecule has 1 heterocycles. The smallest absolute Gasteiger partial charge is 0.264 e. The lowest BCUT2D eigenvalue weighted by molar-refractivity contribution is 0.601. The van der Waals surface area contributed by atoms with Gasteiger partial charge in [0.25, 0.3) is 10.0 Å². The fourth-order valence-electron chi connectivity index (χ4n) is 1.39. The Kier molecular flexibility index (Phi) is 3.18. The van der Waals surface area contributed by atoms with Gasteiger partial charge in [-0.15, -0.1) is 0 Å². The van der Waals surface area contributed by atoms with Gasteiger partial charge in [-0.1, -0.05) is 11.6 Å². The number of nitrogens with zero attached hydrogens (tertiary/aromatic N) is 2. The van der Waals surface area contributed by atoms with E-state index >= 15 is 0 Å². The molecule has 6 nitrogen and oxygen atoms in total. The molecule has 1 aromatic heterocycles. The van der Waals surface area contributed by atoms with Gasteiger partial charge in [-0.3, -0.25) is 9.40 Å². The van der Waals surface area contributed by atoms with Crippen LogP contribution in [0.5, 0.6) is 0 Å². The summed E-state index contributed by atoms with van der Waals surface area (Å²) in [6.45, 7) is 0. The van der Waals surface area contributed by atoms with Crippen molar-refractivity contribution in [2.45, 2.75) is 4.90 Å². The van der Waals surface area contributed by atoms with E-state index in [1.165, 1.54) is 28.9 Å². The summed E-state index contributed by atoms with van der Waals surface area (Å²) in [4.78, 5) is -0.0742. The molecule has 0 unspecified atom stereocenters. The van der Waals surface area contributed by atoms with E-state index < -0.39 is 10.0 Å². The van der Waals surface area contributed by atoms with E-state index in [9.17, 15) is 8.42 Å². The Morgan fingerprint density at radius 1 is 1.39 bits per heavy atom. The van der Waals surface area contributed by atoms with Gasteiger partial charge < -0.3 is 5.73 Å². The van der Waals surface area contributed by atoms with Crippen LogP contribution in [-0.4, -0.2) is 18.2 Å². The second-order valence-corrected chi connectivity index (χ2v) is 5.73. The monoisotopic (exact) mass is 286 g/mol. The van der Waals surface area contributed by atoms with E-state index in [0.717, 1.165) is 0 Å². The van der Waals surface area contributed by atoms with Crippen molar-refractivity contribution in [2.24, 2.45) is 7.05 Å². The van der Waals surface area contributed by atoms with Crippen LogP contribution in [0, 0.1) is 0 Å². The van der Waals surface area contributed by atoms with Gasteiger partial charge in [0, 0.05) is 25.0 Å². The average Bonchev–Trinajstić information content (AvgIpc) is 2.66. The first-order valence-corrected chi connectivity index (χ1v) is 6.82. The van der Waals surface area contributed by atoms with Crippen LogP contribution in [0.3, 0.4) is 0 Å². The number of nitrogens with one attached hydrogen (secondary N) is 1. The zero-order valence-electron chi connectivity index (χ0n) is 9.46. The molecule has 0 aliphatic carbocycles. The molecule has 0 radical (unpaired) electrons. The summed E-state index contributed by atoms with van der Waals surface area (Å²) in [6.07, 6.45) is 1.62. The van der Waals surface area contributed by atoms with Crippen LogP contribution in [-0.2, 0) is 17.1 Å². The van der Waals surface area contributed by atoms with Crippen molar-refractivity contribution >= 4 is 33.1 Å². The molecular formula is C10H11ClN4O2S. The zero-order valence-corrected chi connectivity index (χ0v) is 11.0. The third kappa shape index (κ3) is 2.57. The molecule has 8 heteroatoms. The fraction of sp³-hybridized carbons (Fsp3) is 0.100. The first-order chi connectivity index (χ1) is 8.38. The van der Waals surface area contributed by atoms with Gasteiger partial charge in [0.15, 0.2) is 5.82 Å². The highest BCUT2D eigenvalue weighted by Gasteiger charge is 2.19. The second kappa shape index (κ2) is 4.51. The molecule has 0 spiro atoms. The normalized spacial score (nSPS) is 11.4. The van der Waals surface area contributed by atoms with E-state index in [1.54, 1.807) is 13.2 Å². The molecule has 0 atom stereocenters. The minimum Gasteiger partial charge on any atom is -0.399 e. The van der Waals surface area contributed by atoms with Crippen molar-refractivity contribution in [1.82, 2.24) is 9.78 Å². The van der Waals surface area contributed by atoms with E-state index in [4.69, 9.17) is 17.3 Å². The van der Waals surface area contributed by atoms with Crippen LogP contribution < -0.4 is 10.5 Å². The fourth-order valence-corrected chi connectivity index (χ4v) is 2.92. The number of halogens is 1. The van der Waals surface area contributed by atoms with Crippen LogP contribution in [0.15, 0.2) is 35.4 Å². The molecule has 0 aliphatic heterocycles. The van der Waals surface area contributed by atoms with Crippen LogP contribution in [0.1, 0.15) is 0 Å². The summed E-state index contributed by atoms with van der Waals surface area (Å²) in [5, 5.41) is 4.03. The number of aromatic nitrogens is 2. The molecule has 0 saturated carbocycles. The molecular weight excluding hydrogens is 276 g/mol. The molecule has 0 saturated heterocycles. The summed E-state index contributed by atoms with van der Waals surface area (Å²) in [7, 11) is -2.11. The number of hydrogen-bond acceptors (Lipinski definition) is 4. The third-order valence-electron chi connectivity index (χ3n) is 2.20. The van der Waals surface area contributed by atoms with Gasteiger partial charge in [-0.2, -0.15) is 5.10 Å². The Bertz CT molecular complexity index is 681. The molecule has 0 fully saturated rings. The van der Waals surface area contributed by atoms with Gasteiger partial charge in [-0.05, 0) is 18.2 Å². The van der Waals surface area contributed by atoms with Gasteiger partial charge in [0.05, 0.1) is 5.02 Å². The topological polar surface area (TPSA) is 90.0 Å². The number of rotatable bonds is 3. The number of sulfonamides is 1. The molecule has 0 bridgehead atoms. The van der Waals surface area contributed by atoms with Gasteiger partial charge in [0.1, 0.15) is 4.90 Å². The lowest BCUT2D eigenvalue weighted by Gasteiger charge is -2.07. The standard InChI is InChI=1S/C10H11ClN4O2S/c1-15-5-4-10(13-15)14-18(16,17)9-6-7(12)2-3-8(9)11/h2-6H,12H2,1H3,(H,13,14). The predicted molar refractivity (Wildman–Crippen MR) is 69.9 cm³/mol. The number of hydrogen-bond donors (Lipinski definition) is 2. The molecule has 2 aromatic rings. The lowest BCUT2D eigenvalue weighted by Crippen LogP contribution is -2.14. The van der Waals surface area contributed by atoms with Gasteiger partial charge in [0.2, 0.25) is 0 Å². The Morgan fingerprint density at radius 2 is 2.11 bits per heavy atom. The highest BCUT2D eigenvalue weighted by atomic mass is 35.5. The molecule has 96 valence electrons. The average molecular weight is 287 g/mol. The van der Waals surface area contributed by atoms with Crippen LogP contribution in [0.2, 0.25) is 5.02 Å². The molecule has 0 amide bonds. The summed E-state index contributed by atoms with van der Waals surface area (Å²) < 4.78 is 28.0. The Hall–Kier alpha value is -1.73. The maximum absolute atomic E-state index is 12.1. The first kappa shape index (κ1) is 12.7. The van der Waals surface area contributed by atoms with Crippen LogP contribution in [0.25, 0.3) is 0 Å². The van der Waals surface area contributed by atoms with Crippen molar-refractivity contribution in [3.63, 3.8) is 0 Å². The summed E-state index contributed by atoms with van der Waals surface area (Å²) in [6, 6.07) is 5.80. The zero-order chi connectivity index (χ0) is 13.3. The predicted octanol–water partition coefficient (Wildman–Crippen LogP) is 1.46. The Labute approximate surface area is 109 Å². The SMILES string of the molecule is Cn1ccc(NS(=O)(=O)c2cc(N)ccc2Cl)n1. The van der Waals surface area contributed by atoms with Crippen molar-refractivity contribution in [3.8, 4) is 0 Å². The van der Waals surface area contributed by atoms with E-state index in [2.05, 4.69) is 9.82 Å². The van der Waals surface area contributed by atoms with E-state index in [0.29, 0.717) is 5.69 Å². The Balaban J connectivity index is 2.39. The minimum absolute atomic E-state index is 0.0742. The highest BCUT2D eigenvalue weighted by molar-refractivity contribution is 7.92. The largest absolute Gasteiger partial charge is 0.399 e. The maximum Gasteiger partial charge on any atom is 0.264 e. The lowest BCUT2D eigenvalue weighted by atomic mass is 10.3. The summed E-state index contributed by atoms with van der Waals surface area (Å²) in [5.74, 6) is 0.219. The van der Waals surface area contributed by atoms with Crippen molar-refractivity contribution in [3.05, 3.63) is 35.5 Å². The quantitative estimate of drug-likeness (QED) is 0.836. The molecule has 2 rings (SSSR count). The van der Waals surface area contributed by atoms with Crippen molar-refractivity contribution in [2.75, 3.05) is 10.5 Å². The van der Waals surface area contributed by atoms with Gasteiger partial charge in [-0.25, -0.2) is 8.42 Å². The maximum atomic E-state index is 12.1. The first-order valence-electron chi connectivity index (χ1n) is 4.96. The minimum atomic E-state index is -3.79. The highest BCUT2D eigenvalue weighted by Crippen LogP contribution is 2.25. The number of benzene rings is 1. The number of anilines is 2. The second-order valence-electron chi connectivity index (χ2n) is 3.67. The molecule has 3 N–H and O–H groups in total. The number of aryl methyl sites for hydroxylation is 1. The van der Waals surface area contributed by atoms with Crippen LogP contribution >= 0.6 is 11.6 Å².